The van der Waals surface area contributed by atoms with E-state index in [4.69, 9.17) is 0 Å². The Labute approximate surface area is 75.3 Å². The zero-order chi connectivity index (χ0) is 9.26. The third-order valence-corrected chi connectivity index (χ3v) is 2.04. The van der Waals surface area contributed by atoms with Gasteiger partial charge in [0.2, 0.25) is 0 Å². The molecule has 2 rings (SSSR count). The summed E-state index contributed by atoms with van der Waals surface area (Å²) >= 11 is 0. The van der Waals surface area contributed by atoms with Gasteiger partial charge in [0.15, 0.2) is 0 Å². The van der Waals surface area contributed by atoms with Crippen LogP contribution in [-0.4, -0.2) is 6.61 Å². The van der Waals surface area contributed by atoms with Crippen LogP contribution < -0.4 is 4.74 Å². The van der Waals surface area contributed by atoms with Crippen LogP contribution in [0.2, 0.25) is 0 Å². The van der Waals surface area contributed by atoms with Gasteiger partial charge in [0.25, 0.3) is 0 Å². The van der Waals surface area contributed by atoms with Gasteiger partial charge in [-0.05, 0) is 42.5 Å². The number of hydrogen-bond acceptors (Lipinski definition) is 1. The Morgan fingerprint density at radius 2 is 2.23 bits per heavy atom. The minimum Gasteiger partial charge on any atom is -0.435 e. The van der Waals surface area contributed by atoms with Gasteiger partial charge in [-0.15, -0.1) is 0 Å². The highest BCUT2D eigenvalue weighted by Gasteiger charge is 2.23. The van der Waals surface area contributed by atoms with Crippen molar-refractivity contribution in [2.24, 2.45) is 0 Å². The summed E-state index contributed by atoms with van der Waals surface area (Å²) in [6.07, 6.45) is 2.27. The van der Waals surface area contributed by atoms with E-state index in [0.717, 1.165) is 18.4 Å². The van der Waals surface area contributed by atoms with Crippen LogP contribution in [0.1, 0.15) is 24.3 Å². The highest BCUT2D eigenvalue weighted by Crippen LogP contribution is 2.40. The first-order valence-electron chi connectivity index (χ1n) is 4.22. The molecule has 13 heavy (non-hydrogen) atoms. The first kappa shape index (κ1) is 8.48. The van der Waals surface area contributed by atoms with Crippen molar-refractivity contribution in [1.82, 2.24) is 0 Å². The van der Waals surface area contributed by atoms with Gasteiger partial charge in [-0.3, -0.25) is 0 Å². The number of hydrogen-bond donors (Lipinski definition) is 0. The summed E-state index contributed by atoms with van der Waals surface area (Å²) in [6, 6.07) is 7.79. The lowest BCUT2D eigenvalue weighted by Gasteiger charge is -2.05. The standard InChI is InChI=1S/C10H9F2O/c11-10(12)13-9-3-1-2-8(6-9)7-4-5-7/h1,3,6-7,10H,4-5H2. The minimum absolute atomic E-state index is 0.232. The van der Waals surface area contributed by atoms with E-state index < -0.39 is 6.61 Å². The largest absolute Gasteiger partial charge is 0.435 e. The zero-order valence-corrected chi connectivity index (χ0v) is 6.97. The Hall–Kier alpha value is -1.12. The summed E-state index contributed by atoms with van der Waals surface area (Å²) in [4.78, 5) is 0. The fourth-order valence-electron chi connectivity index (χ4n) is 1.27. The average Bonchev–Trinajstić information content (AvgIpc) is 2.85. The van der Waals surface area contributed by atoms with Crippen molar-refractivity contribution in [3.63, 3.8) is 0 Å². The third kappa shape index (κ3) is 2.17. The van der Waals surface area contributed by atoms with Crippen LogP contribution in [0, 0.1) is 6.07 Å². The van der Waals surface area contributed by atoms with Gasteiger partial charge >= 0.3 is 6.61 Å². The van der Waals surface area contributed by atoms with Crippen LogP contribution >= 0.6 is 0 Å². The SMILES string of the molecule is FC(F)Oc1cc[c]c(C2CC2)c1. The molecule has 1 nitrogen and oxygen atoms in total. The minimum atomic E-state index is -2.74. The van der Waals surface area contributed by atoms with Crippen LogP contribution in [-0.2, 0) is 0 Å². The fraction of sp³-hybridized carbons (Fsp3) is 0.400. The molecule has 0 spiro atoms. The van der Waals surface area contributed by atoms with Crippen molar-refractivity contribution in [3.8, 4) is 5.75 Å². The van der Waals surface area contributed by atoms with E-state index in [1.54, 1.807) is 12.1 Å². The fourth-order valence-corrected chi connectivity index (χ4v) is 1.27. The summed E-state index contributed by atoms with van der Waals surface area (Å²) in [5.74, 6) is 0.747. The lowest BCUT2D eigenvalue weighted by atomic mass is 10.1. The molecule has 69 valence electrons. The number of alkyl halides is 2. The quantitative estimate of drug-likeness (QED) is 0.700. The van der Waals surface area contributed by atoms with E-state index in [9.17, 15) is 8.78 Å². The summed E-state index contributed by atoms with van der Waals surface area (Å²) in [5, 5.41) is 0. The molecule has 0 heterocycles. The smallest absolute Gasteiger partial charge is 0.387 e. The molecule has 0 aromatic heterocycles. The Kier molecular flexibility index (Phi) is 2.17. The normalized spacial score (nSPS) is 16.2. The van der Waals surface area contributed by atoms with E-state index in [2.05, 4.69) is 10.8 Å². The van der Waals surface area contributed by atoms with E-state index >= 15 is 0 Å². The second-order valence-electron chi connectivity index (χ2n) is 3.13. The molecule has 1 radical (unpaired) electrons. The maximum absolute atomic E-state index is 11.8. The van der Waals surface area contributed by atoms with Gasteiger partial charge in [-0.2, -0.15) is 8.78 Å². The molecule has 0 amide bonds. The summed E-state index contributed by atoms with van der Waals surface area (Å²) < 4.78 is 28.0. The molecule has 0 atom stereocenters. The first-order chi connectivity index (χ1) is 6.25. The molecule has 3 heteroatoms. The average molecular weight is 183 g/mol. The number of rotatable bonds is 3. The Morgan fingerprint density at radius 3 is 2.85 bits per heavy atom. The second-order valence-corrected chi connectivity index (χ2v) is 3.13. The molecule has 1 saturated carbocycles. The highest BCUT2D eigenvalue weighted by molar-refractivity contribution is 5.31. The summed E-state index contributed by atoms with van der Waals surface area (Å²) in [6.45, 7) is -2.74. The molecule has 0 saturated heterocycles. The first-order valence-corrected chi connectivity index (χ1v) is 4.22. The Morgan fingerprint density at radius 1 is 1.46 bits per heavy atom. The van der Waals surface area contributed by atoms with Crippen LogP contribution in [0.5, 0.6) is 5.75 Å². The molecule has 1 fully saturated rings. The molecular formula is C10H9F2O. The van der Waals surface area contributed by atoms with E-state index in [1.165, 1.54) is 6.07 Å². The second kappa shape index (κ2) is 3.32. The summed E-state index contributed by atoms with van der Waals surface area (Å²) in [5.41, 5.74) is 0.984. The molecule has 0 aliphatic heterocycles. The van der Waals surface area contributed by atoms with Crippen LogP contribution in [0.3, 0.4) is 0 Å². The molecule has 1 aliphatic rings. The van der Waals surface area contributed by atoms with Crippen molar-refractivity contribution in [2.75, 3.05) is 0 Å². The molecule has 0 unspecified atom stereocenters. The Bertz CT molecular complexity index is 295. The Balaban J connectivity index is 2.12. The summed E-state index contributed by atoms with van der Waals surface area (Å²) in [7, 11) is 0. The van der Waals surface area contributed by atoms with Crippen molar-refractivity contribution < 1.29 is 13.5 Å². The number of ether oxygens (including phenoxy) is 1. The monoisotopic (exact) mass is 183 g/mol. The van der Waals surface area contributed by atoms with Crippen LogP contribution in [0.15, 0.2) is 18.2 Å². The van der Waals surface area contributed by atoms with Gasteiger partial charge in [0.1, 0.15) is 5.75 Å². The number of benzene rings is 1. The molecule has 1 aliphatic carbocycles. The highest BCUT2D eigenvalue weighted by atomic mass is 19.3. The molecule has 1 aromatic carbocycles. The van der Waals surface area contributed by atoms with Crippen molar-refractivity contribution in [3.05, 3.63) is 29.8 Å². The zero-order valence-electron chi connectivity index (χ0n) is 6.97. The van der Waals surface area contributed by atoms with Gasteiger partial charge < -0.3 is 4.74 Å². The van der Waals surface area contributed by atoms with Gasteiger partial charge in [0.05, 0.1) is 0 Å². The van der Waals surface area contributed by atoms with Gasteiger partial charge in [-0.1, -0.05) is 6.07 Å². The van der Waals surface area contributed by atoms with Crippen LogP contribution in [0.4, 0.5) is 8.78 Å². The van der Waals surface area contributed by atoms with E-state index in [-0.39, 0.29) is 5.75 Å². The van der Waals surface area contributed by atoms with Crippen LogP contribution in [0.25, 0.3) is 0 Å². The topological polar surface area (TPSA) is 9.23 Å². The van der Waals surface area contributed by atoms with Crippen molar-refractivity contribution >= 4 is 0 Å². The maximum atomic E-state index is 11.8. The van der Waals surface area contributed by atoms with E-state index in [0.29, 0.717) is 5.92 Å². The lowest BCUT2D eigenvalue weighted by molar-refractivity contribution is -0.0498. The van der Waals surface area contributed by atoms with Crippen molar-refractivity contribution in [2.45, 2.75) is 25.4 Å². The van der Waals surface area contributed by atoms with Gasteiger partial charge in [-0.25, -0.2) is 0 Å². The molecule has 0 bridgehead atoms. The lowest BCUT2D eigenvalue weighted by Crippen LogP contribution is -2.01. The molecule has 0 N–H and O–H groups in total. The third-order valence-electron chi connectivity index (χ3n) is 2.04. The molecular weight excluding hydrogens is 174 g/mol. The van der Waals surface area contributed by atoms with Gasteiger partial charge in [0, 0.05) is 0 Å². The van der Waals surface area contributed by atoms with E-state index in [1.807, 2.05) is 0 Å². The predicted octanol–water partition coefficient (Wildman–Crippen LogP) is 2.97. The maximum Gasteiger partial charge on any atom is 0.387 e. The molecule has 1 aromatic rings. The van der Waals surface area contributed by atoms with Crippen molar-refractivity contribution in [1.29, 1.82) is 0 Å². The number of halogens is 2. The predicted molar refractivity (Wildman–Crippen MR) is 43.9 cm³/mol.